The third-order valence-electron chi connectivity index (χ3n) is 4.27. The largest absolute Gasteiger partial charge is 0.310 e. The second-order valence-electron chi connectivity index (χ2n) is 5.65. The minimum Gasteiger partial charge on any atom is -0.310 e. The maximum absolute atomic E-state index is 12.7. The number of anilines is 1. The molecule has 1 heterocycles. The molecule has 1 aliphatic rings. The van der Waals surface area contributed by atoms with Crippen molar-refractivity contribution in [3.63, 3.8) is 0 Å². The molecular formula is C19H19NO. The van der Waals surface area contributed by atoms with Crippen molar-refractivity contribution in [3.05, 3.63) is 64.7 Å². The molecule has 2 nitrogen and oxygen atoms in total. The van der Waals surface area contributed by atoms with Crippen molar-refractivity contribution in [3.8, 4) is 0 Å². The average molecular weight is 277 g/mol. The zero-order valence-electron chi connectivity index (χ0n) is 12.9. The number of rotatable bonds is 1. The molecule has 0 atom stereocenters. The quantitative estimate of drug-likeness (QED) is 0.715. The van der Waals surface area contributed by atoms with Crippen LogP contribution in [-0.4, -0.2) is 13.0 Å². The highest BCUT2D eigenvalue weighted by Crippen LogP contribution is 2.43. The lowest BCUT2D eigenvalue weighted by molar-refractivity contribution is -0.112. The minimum absolute atomic E-state index is 0.0868. The van der Waals surface area contributed by atoms with Crippen LogP contribution < -0.4 is 4.90 Å². The van der Waals surface area contributed by atoms with E-state index >= 15 is 0 Å². The number of carbonyl (C=O) groups is 1. The van der Waals surface area contributed by atoms with Crippen LogP contribution in [0, 0.1) is 13.8 Å². The highest BCUT2D eigenvalue weighted by Gasteiger charge is 2.33. The molecule has 3 rings (SSSR count). The molecule has 0 spiro atoms. The van der Waals surface area contributed by atoms with Gasteiger partial charge in [0, 0.05) is 12.6 Å². The average Bonchev–Trinajstić information content (AvgIpc) is 2.77. The van der Waals surface area contributed by atoms with Crippen molar-refractivity contribution in [2.75, 3.05) is 11.9 Å². The normalized spacial score (nSPS) is 16.2. The van der Waals surface area contributed by atoms with Crippen molar-refractivity contribution in [2.24, 2.45) is 0 Å². The van der Waals surface area contributed by atoms with Crippen molar-refractivity contribution >= 4 is 22.7 Å². The molecule has 0 radical (unpaired) electrons. The first-order chi connectivity index (χ1) is 10.0. The lowest BCUT2D eigenvalue weighted by Crippen LogP contribution is -2.21. The number of amides is 1. The van der Waals surface area contributed by atoms with Gasteiger partial charge < -0.3 is 4.90 Å². The molecule has 106 valence electrons. The second kappa shape index (κ2) is 4.88. The first-order valence-corrected chi connectivity index (χ1v) is 7.17. The van der Waals surface area contributed by atoms with Gasteiger partial charge in [0.15, 0.2) is 0 Å². The summed E-state index contributed by atoms with van der Waals surface area (Å²) in [6.07, 6.45) is 0. The molecule has 0 saturated heterocycles. The first kappa shape index (κ1) is 13.6. The van der Waals surface area contributed by atoms with Gasteiger partial charge in [0.25, 0.3) is 5.91 Å². The summed E-state index contributed by atoms with van der Waals surface area (Å²) < 4.78 is 0. The van der Waals surface area contributed by atoms with Crippen LogP contribution in [0.3, 0.4) is 0 Å². The van der Waals surface area contributed by atoms with Crippen LogP contribution in [0.4, 0.5) is 5.69 Å². The van der Waals surface area contributed by atoms with E-state index < -0.39 is 0 Å². The Hall–Kier alpha value is -2.35. The number of nitrogens with zero attached hydrogens (tertiary/aromatic N) is 1. The predicted molar refractivity (Wildman–Crippen MR) is 88.3 cm³/mol. The van der Waals surface area contributed by atoms with Crippen molar-refractivity contribution in [2.45, 2.75) is 20.8 Å². The Bertz CT molecular complexity index is 757. The fraction of sp³-hybridized carbons (Fsp3) is 0.211. The molecule has 0 unspecified atom stereocenters. The molecule has 21 heavy (non-hydrogen) atoms. The molecule has 1 aliphatic heterocycles. The summed E-state index contributed by atoms with van der Waals surface area (Å²) in [7, 11) is 1.86. The van der Waals surface area contributed by atoms with Gasteiger partial charge in [0.1, 0.15) is 0 Å². The molecule has 1 amide bonds. The van der Waals surface area contributed by atoms with E-state index in [-0.39, 0.29) is 5.91 Å². The van der Waals surface area contributed by atoms with Gasteiger partial charge in [-0.1, -0.05) is 42.5 Å². The molecule has 0 saturated carbocycles. The van der Waals surface area contributed by atoms with Crippen LogP contribution in [0.25, 0.3) is 11.1 Å². The number of fused-ring (bicyclic) bond motifs is 1. The topological polar surface area (TPSA) is 20.3 Å². The van der Waals surface area contributed by atoms with Crippen molar-refractivity contribution < 1.29 is 4.79 Å². The summed E-state index contributed by atoms with van der Waals surface area (Å²) in [5.74, 6) is 0.0868. The number of allylic oxidation sites excluding steroid dienone is 1. The Kier molecular flexibility index (Phi) is 3.17. The van der Waals surface area contributed by atoms with Crippen LogP contribution in [0.1, 0.15) is 29.2 Å². The summed E-state index contributed by atoms with van der Waals surface area (Å²) in [6, 6.07) is 14.3. The van der Waals surface area contributed by atoms with Crippen LogP contribution in [0.15, 0.2) is 42.5 Å². The minimum atomic E-state index is 0.0868. The van der Waals surface area contributed by atoms with Crippen LogP contribution in [-0.2, 0) is 4.79 Å². The van der Waals surface area contributed by atoms with Crippen LogP contribution in [0.2, 0.25) is 0 Å². The molecule has 2 aromatic rings. The lowest BCUT2D eigenvalue weighted by Gasteiger charge is -2.12. The van der Waals surface area contributed by atoms with Gasteiger partial charge in [0.2, 0.25) is 0 Å². The maximum atomic E-state index is 12.7. The van der Waals surface area contributed by atoms with Crippen LogP contribution >= 0.6 is 0 Å². The van der Waals surface area contributed by atoms with E-state index in [9.17, 15) is 4.79 Å². The van der Waals surface area contributed by atoms with Gasteiger partial charge in [-0.05, 0) is 43.0 Å². The van der Waals surface area contributed by atoms with Crippen molar-refractivity contribution in [1.29, 1.82) is 0 Å². The molecule has 0 fully saturated rings. The Morgan fingerprint density at radius 2 is 1.57 bits per heavy atom. The monoisotopic (exact) mass is 277 g/mol. The number of benzene rings is 2. The molecule has 2 heteroatoms. The number of likely N-dealkylation sites (N-methyl/N-ethyl adjacent to an activating group) is 1. The lowest BCUT2D eigenvalue weighted by atomic mass is 9.93. The predicted octanol–water partition coefficient (Wildman–Crippen LogP) is 4.21. The highest BCUT2D eigenvalue weighted by atomic mass is 16.2. The smallest absolute Gasteiger partial charge is 0.259 e. The summed E-state index contributed by atoms with van der Waals surface area (Å²) >= 11 is 0. The fourth-order valence-corrected chi connectivity index (χ4v) is 3.10. The van der Waals surface area contributed by atoms with Gasteiger partial charge in [0.05, 0.1) is 11.3 Å². The van der Waals surface area contributed by atoms with Gasteiger partial charge in [-0.2, -0.15) is 0 Å². The van der Waals surface area contributed by atoms with E-state index in [1.54, 1.807) is 4.90 Å². The summed E-state index contributed by atoms with van der Waals surface area (Å²) in [5.41, 5.74) is 7.40. The number of hydrogen-bond acceptors (Lipinski definition) is 1. The summed E-state index contributed by atoms with van der Waals surface area (Å²) in [6.45, 7) is 6.17. The Morgan fingerprint density at radius 1 is 0.952 bits per heavy atom. The Labute approximate surface area is 125 Å². The zero-order chi connectivity index (χ0) is 15.1. The second-order valence-corrected chi connectivity index (χ2v) is 5.65. The standard InChI is InChI=1S/C19H19NO/c1-12-10-11-13(2)18-16(12)17(19(21)20(18)4)14(3)15-8-6-5-7-9-15/h5-11H,1-4H3/b17-14+. The molecular weight excluding hydrogens is 258 g/mol. The zero-order valence-corrected chi connectivity index (χ0v) is 12.9. The van der Waals surface area contributed by atoms with E-state index in [1.165, 1.54) is 0 Å². The molecule has 2 aromatic carbocycles. The number of carbonyl (C=O) groups excluding carboxylic acids is 1. The third kappa shape index (κ3) is 1.99. The number of aryl methyl sites for hydroxylation is 2. The summed E-state index contributed by atoms with van der Waals surface area (Å²) in [5, 5.41) is 0. The van der Waals surface area contributed by atoms with E-state index in [2.05, 4.69) is 38.1 Å². The van der Waals surface area contributed by atoms with Gasteiger partial charge in [-0.3, -0.25) is 4.79 Å². The Morgan fingerprint density at radius 3 is 2.24 bits per heavy atom. The molecule has 0 N–H and O–H groups in total. The number of hydrogen-bond donors (Lipinski definition) is 0. The molecule has 0 aliphatic carbocycles. The first-order valence-electron chi connectivity index (χ1n) is 7.17. The van der Waals surface area contributed by atoms with Gasteiger partial charge >= 0.3 is 0 Å². The van der Waals surface area contributed by atoms with Gasteiger partial charge in [-0.15, -0.1) is 0 Å². The molecule has 0 bridgehead atoms. The third-order valence-corrected chi connectivity index (χ3v) is 4.27. The van der Waals surface area contributed by atoms with E-state index in [1.807, 2.05) is 32.2 Å². The van der Waals surface area contributed by atoms with Gasteiger partial charge in [-0.25, -0.2) is 0 Å². The molecule has 0 aromatic heterocycles. The highest BCUT2D eigenvalue weighted by molar-refractivity contribution is 6.38. The maximum Gasteiger partial charge on any atom is 0.259 e. The van der Waals surface area contributed by atoms with E-state index in [0.717, 1.165) is 39.1 Å². The fourth-order valence-electron chi connectivity index (χ4n) is 3.10. The van der Waals surface area contributed by atoms with E-state index in [0.29, 0.717) is 0 Å². The van der Waals surface area contributed by atoms with Crippen LogP contribution in [0.5, 0.6) is 0 Å². The summed E-state index contributed by atoms with van der Waals surface area (Å²) in [4.78, 5) is 14.5. The van der Waals surface area contributed by atoms with Crippen molar-refractivity contribution in [1.82, 2.24) is 0 Å². The Balaban J connectivity index is 2.33. The SMILES string of the molecule is C/C(=C1\C(=O)N(C)c2c(C)ccc(C)c21)c1ccccc1. The van der Waals surface area contributed by atoms with E-state index in [4.69, 9.17) is 0 Å².